The first-order valence-electron chi connectivity index (χ1n) is 6.06. The number of benzene rings is 2. The van der Waals surface area contributed by atoms with Crippen molar-refractivity contribution in [3.8, 4) is 0 Å². The van der Waals surface area contributed by atoms with Gasteiger partial charge in [0.15, 0.2) is 11.6 Å². The van der Waals surface area contributed by atoms with Crippen LogP contribution in [0.15, 0.2) is 41.3 Å². The zero-order valence-electron chi connectivity index (χ0n) is 10.8. The van der Waals surface area contributed by atoms with E-state index < -0.39 is 26.6 Å². The van der Waals surface area contributed by atoms with Gasteiger partial charge in [0.05, 0.1) is 11.3 Å². The maximum atomic E-state index is 12.6. The number of anilines is 1. The first-order chi connectivity index (χ1) is 10.4. The molecule has 0 saturated carbocycles. The van der Waals surface area contributed by atoms with Gasteiger partial charge in [-0.15, -0.1) is 0 Å². The molecule has 112 valence electrons. The van der Waals surface area contributed by atoms with Gasteiger partial charge in [0.25, 0.3) is 10.1 Å². The molecule has 8 heteroatoms. The van der Waals surface area contributed by atoms with Crippen molar-refractivity contribution in [3.05, 3.63) is 58.7 Å². The zero-order valence-corrected chi connectivity index (χ0v) is 13.2. The van der Waals surface area contributed by atoms with E-state index in [1.54, 1.807) is 12.1 Å². The first kappa shape index (κ1) is 14.9. The molecule has 0 bridgehead atoms. The quantitative estimate of drug-likeness (QED) is 0.522. The topological polar surface area (TPSA) is 101 Å². The summed E-state index contributed by atoms with van der Waals surface area (Å²) in [5, 5.41) is 0. The van der Waals surface area contributed by atoms with Crippen LogP contribution in [-0.2, 0) is 10.1 Å². The van der Waals surface area contributed by atoms with Crippen molar-refractivity contribution in [2.75, 3.05) is 4.34 Å². The second-order valence-corrected chi connectivity index (χ2v) is 6.39. The fraction of sp³-hybridized carbons (Fsp3) is 0. The molecule has 0 atom stereocenters. The summed E-state index contributed by atoms with van der Waals surface area (Å²) in [7, 11) is -4.71. The Labute approximate surface area is 134 Å². The summed E-state index contributed by atoms with van der Waals surface area (Å²) in [5.41, 5.74) is -0.0854. The van der Waals surface area contributed by atoms with E-state index in [2.05, 4.69) is 20.5 Å². The summed E-state index contributed by atoms with van der Waals surface area (Å²) in [6.07, 6.45) is 0. The van der Waals surface area contributed by atoms with Crippen molar-refractivity contribution in [1.82, 2.24) is 0 Å². The van der Waals surface area contributed by atoms with Gasteiger partial charge in [-0.25, -0.2) is 0 Å². The van der Waals surface area contributed by atoms with Crippen molar-refractivity contribution in [2.24, 2.45) is 0 Å². The molecule has 1 aliphatic carbocycles. The lowest BCUT2D eigenvalue weighted by atomic mass is 9.84. The maximum Gasteiger partial charge on any atom is 0.297 e. The lowest BCUT2D eigenvalue weighted by Gasteiger charge is -2.20. The number of carbonyl (C=O) groups is 2. The van der Waals surface area contributed by atoms with Crippen LogP contribution in [0.25, 0.3) is 0 Å². The number of rotatable bonds is 2. The second kappa shape index (κ2) is 5.01. The largest absolute Gasteiger partial charge is 0.321 e. The molecule has 0 unspecified atom stereocenters. The minimum absolute atomic E-state index is 0.0261. The normalized spacial score (nSPS) is 13.5. The van der Waals surface area contributed by atoms with Gasteiger partial charge in [0, 0.05) is 32.8 Å². The third kappa shape index (κ3) is 2.07. The molecule has 0 aromatic heterocycles. The fourth-order valence-corrected chi connectivity index (χ4v) is 3.82. The van der Waals surface area contributed by atoms with E-state index in [9.17, 15) is 22.6 Å². The average molecular weight is 382 g/mol. The van der Waals surface area contributed by atoms with E-state index in [4.69, 9.17) is 0 Å². The molecular formula is C14H8BrNO5S. The molecule has 0 heterocycles. The minimum atomic E-state index is -4.71. The first-order valence-corrected chi connectivity index (χ1v) is 8.29. The lowest BCUT2D eigenvalue weighted by molar-refractivity contribution is 0.0976. The summed E-state index contributed by atoms with van der Waals surface area (Å²) in [6.45, 7) is 0. The maximum absolute atomic E-state index is 12.6. The Bertz CT molecular complexity index is 936. The van der Waals surface area contributed by atoms with E-state index >= 15 is 0 Å². The zero-order chi connectivity index (χ0) is 16.1. The molecule has 0 aliphatic heterocycles. The number of halogens is 1. The molecule has 2 aromatic rings. The highest BCUT2D eigenvalue weighted by Gasteiger charge is 2.36. The number of hydrogen-bond acceptors (Lipinski definition) is 5. The summed E-state index contributed by atoms with van der Waals surface area (Å²) in [5.74, 6) is -1.08. The number of ketones is 2. The van der Waals surface area contributed by atoms with Gasteiger partial charge in [-0.1, -0.05) is 24.3 Å². The summed E-state index contributed by atoms with van der Waals surface area (Å²) in [6, 6.07) is 8.80. The smallest absolute Gasteiger partial charge is 0.297 e. The number of fused-ring (bicyclic) bond motifs is 2. The standard InChI is InChI=1S/C14H8BrNO5S/c15-16-10-6-5-9-11(14(10)22(19,20)21)13(18)8-4-2-1-3-7(8)12(9)17/h1-6,16H,(H,19,20,21). The van der Waals surface area contributed by atoms with Crippen molar-refractivity contribution in [2.45, 2.75) is 4.90 Å². The number of hydrogen-bond donors (Lipinski definition) is 2. The van der Waals surface area contributed by atoms with E-state index in [1.807, 2.05) is 0 Å². The molecular weight excluding hydrogens is 374 g/mol. The summed E-state index contributed by atoms with van der Waals surface area (Å²) < 4.78 is 35.2. The van der Waals surface area contributed by atoms with E-state index in [-0.39, 0.29) is 27.9 Å². The Balaban J connectivity index is 2.44. The van der Waals surface area contributed by atoms with Crippen LogP contribution in [0, 0.1) is 0 Å². The SMILES string of the molecule is O=C1c2ccccc2C(=O)c2c1ccc(NBr)c2S(=O)(=O)O. The predicted octanol–water partition coefficient (Wildman–Crippen LogP) is 2.43. The molecule has 2 aromatic carbocycles. The van der Waals surface area contributed by atoms with Crippen LogP contribution >= 0.6 is 16.1 Å². The number of nitrogens with one attached hydrogen (secondary N) is 1. The molecule has 0 fully saturated rings. The molecule has 2 N–H and O–H groups in total. The second-order valence-electron chi connectivity index (χ2n) is 4.64. The predicted molar refractivity (Wildman–Crippen MR) is 82.1 cm³/mol. The van der Waals surface area contributed by atoms with Crippen LogP contribution in [-0.4, -0.2) is 24.5 Å². The van der Waals surface area contributed by atoms with Crippen LogP contribution in [0.2, 0.25) is 0 Å². The Morgan fingerprint density at radius 2 is 1.50 bits per heavy atom. The molecule has 6 nitrogen and oxygen atoms in total. The Morgan fingerprint density at radius 3 is 2.05 bits per heavy atom. The van der Waals surface area contributed by atoms with Gasteiger partial charge in [0.2, 0.25) is 0 Å². The molecule has 3 rings (SSSR count). The Hall–Kier alpha value is -2.03. The highest BCUT2D eigenvalue weighted by atomic mass is 79.9. The molecule has 1 aliphatic rings. The molecule has 0 saturated heterocycles. The van der Waals surface area contributed by atoms with Gasteiger partial charge >= 0.3 is 0 Å². The highest BCUT2D eigenvalue weighted by molar-refractivity contribution is 9.10. The average Bonchev–Trinajstić information content (AvgIpc) is 2.50. The van der Waals surface area contributed by atoms with Gasteiger partial charge in [-0.05, 0) is 12.1 Å². The van der Waals surface area contributed by atoms with Gasteiger partial charge in [0.1, 0.15) is 4.90 Å². The number of carbonyl (C=O) groups excluding carboxylic acids is 2. The van der Waals surface area contributed by atoms with Gasteiger partial charge in [-0.2, -0.15) is 8.42 Å². The Kier molecular flexibility index (Phi) is 3.39. The van der Waals surface area contributed by atoms with Gasteiger partial charge < -0.3 is 4.34 Å². The van der Waals surface area contributed by atoms with Crippen LogP contribution in [0.5, 0.6) is 0 Å². The van der Waals surface area contributed by atoms with E-state index in [1.165, 1.54) is 24.3 Å². The lowest BCUT2D eigenvalue weighted by Crippen LogP contribution is -2.24. The van der Waals surface area contributed by atoms with Crippen LogP contribution in [0.4, 0.5) is 5.69 Å². The molecule has 0 amide bonds. The van der Waals surface area contributed by atoms with Crippen LogP contribution in [0.1, 0.15) is 31.8 Å². The summed E-state index contributed by atoms with van der Waals surface area (Å²) in [4.78, 5) is 24.5. The monoisotopic (exact) mass is 381 g/mol. The summed E-state index contributed by atoms with van der Waals surface area (Å²) >= 11 is 2.87. The molecule has 0 radical (unpaired) electrons. The van der Waals surface area contributed by atoms with Crippen molar-refractivity contribution in [1.29, 1.82) is 0 Å². The van der Waals surface area contributed by atoms with Gasteiger partial charge in [-0.3, -0.25) is 14.1 Å². The van der Waals surface area contributed by atoms with Crippen LogP contribution < -0.4 is 4.34 Å². The third-order valence-electron chi connectivity index (χ3n) is 3.41. The fourth-order valence-electron chi connectivity index (χ4n) is 2.50. The molecule has 22 heavy (non-hydrogen) atoms. The van der Waals surface area contributed by atoms with Crippen molar-refractivity contribution in [3.63, 3.8) is 0 Å². The van der Waals surface area contributed by atoms with Crippen LogP contribution in [0.3, 0.4) is 0 Å². The van der Waals surface area contributed by atoms with E-state index in [0.717, 1.165) is 0 Å². The third-order valence-corrected chi connectivity index (χ3v) is 4.77. The van der Waals surface area contributed by atoms with E-state index in [0.29, 0.717) is 0 Å². The Morgan fingerprint density at radius 1 is 0.909 bits per heavy atom. The van der Waals surface area contributed by atoms with Crippen molar-refractivity contribution < 1.29 is 22.6 Å². The highest BCUT2D eigenvalue weighted by Crippen LogP contribution is 2.35. The minimum Gasteiger partial charge on any atom is -0.321 e. The van der Waals surface area contributed by atoms with Crippen molar-refractivity contribution >= 4 is 43.5 Å². The molecule has 0 spiro atoms.